The van der Waals surface area contributed by atoms with Gasteiger partial charge in [-0.05, 0) is 30.5 Å². The van der Waals surface area contributed by atoms with Crippen LogP contribution in [-0.4, -0.2) is 28.3 Å². The number of aromatic nitrogens is 2. The van der Waals surface area contributed by atoms with Gasteiger partial charge < -0.3 is 10.1 Å². The number of aryl methyl sites for hydroxylation is 1. The van der Waals surface area contributed by atoms with Crippen LogP contribution < -0.4 is 10.9 Å². The van der Waals surface area contributed by atoms with Crippen LogP contribution in [0.15, 0.2) is 53.3 Å². The Hall–Kier alpha value is -3.48. The zero-order chi connectivity index (χ0) is 21.0. The molecule has 150 valence electrons. The average Bonchev–Trinajstić information content (AvgIpc) is 2.72. The minimum Gasteiger partial charge on any atom is -0.451 e. The predicted octanol–water partition coefficient (Wildman–Crippen LogP) is 3.34. The van der Waals surface area contributed by atoms with Gasteiger partial charge in [-0.25, -0.2) is 9.48 Å². The molecule has 0 aliphatic rings. The van der Waals surface area contributed by atoms with Crippen molar-refractivity contribution in [1.29, 1.82) is 0 Å². The topological polar surface area (TPSA) is 90.3 Å². The van der Waals surface area contributed by atoms with E-state index in [0.717, 1.165) is 5.56 Å². The van der Waals surface area contributed by atoms with E-state index in [1.54, 1.807) is 37.3 Å². The molecule has 0 bridgehead atoms. The zero-order valence-electron chi connectivity index (χ0n) is 16.6. The molecule has 3 rings (SSSR count). The van der Waals surface area contributed by atoms with E-state index in [1.165, 1.54) is 4.68 Å². The molecular formula is C22H23N3O4. The number of ether oxygens (including phenoxy) is 1. The molecule has 1 aromatic heterocycles. The van der Waals surface area contributed by atoms with Gasteiger partial charge in [0.2, 0.25) is 0 Å². The van der Waals surface area contributed by atoms with Crippen LogP contribution in [-0.2, 0) is 16.1 Å². The number of amides is 1. The number of esters is 1. The van der Waals surface area contributed by atoms with Crippen LogP contribution in [0.1, 0.15) is 42.7 Å². The molecule has 29 heavy (non-hydrogen) atoms. The average molecular weight is 393 g/mol. The monoisotopic (exact) mass is 393 g/mol. The predicted molar refractivity (Wildman–Crippen MR) is 111 cm³/mol. The molecule has 0 radical (unpaired) electrons. The molecule has 2 aromatic carbocycles. The highest BCUT2D eigenvalue weighted by molar-refractivity contribution is 6.03. The molecule has 1 N–H and O–H groups in total. The Kier molecular flexibility index (Phi) is 6.07. The number of nitrogens with one attached hydrogen (secondary N) is 1. The van der Waals surface area contributed by atoms with Gasteiger partial charge in [0.15, 0.2) is 12.3 Å². The van der Waals surface area contributed by atoms with E-state index >= 15 is 0 Å². The molecular weight excluding hydrogens is 370 g/mol. The fourth-order valence-corrected chi connectivity index (χ4v) is 3.10. The van der Waals surface area contributed by atoms with Gasteiger partial charge in [0.25, 0.3) is 11.5 Å². The summed E-state index contributed by atoms with van der Waals surface area (Å²) in [6.45, 7) is 5.69. The number of anilines is 1. The highest BCUT2D eigenvalue weighted by atomic mass is 16.5. The Morgan fingerprint density at radius 3 is 2.41 bits per heavy atom. The summed E-state index contributed by atoms with van der Waals surface area (Å²) in [6.07, 6.45) is 0. The third kappa shape index (κ3) is 4.34. The first kappa shape index (κ1) is 20.3. The summed E-state index contributed by atoms with van der Waals surface area (Å²) in [5.41, 5.74) is 1.42. The van der Waals surface area contributed by atoms with Crippen molar-refractivity contribution in [2.45, 2.75) is 33.2 Å². The van der Waals surface area contributed by atoms with E-state index in [9.17, 15) is 14.4 Å². The normalized spacial score (nSPS) is 10.9. The minimum absolute atomic E-state index is 0.0115. The second-order valence-corrected chi connectivity index (χ2v) is 6.88. The summed E-state index contributed by atoms with van der Waals surface area (Å²) in [5.74, 6) is -0.963. The van der Waals surface area contributed by atoms with E-state index in [1.807, 2.05) is 32.0 Å². The van der Waals surface area contributed by atoms with Gasteiger partial charge >= 0.3 is 5.97 Å². The highest BCUT2D eigenvalue weighted by Gasteiger charge is 2.19. The number of hydrogen-bond donors (Lipinski definition) is 1. The third-order valence-corrected chi connectivity index (χ3v) is 4.55. The molecule has 7 nitrogen and oxygen atoms in total. The maximum atomic E-state index is 12.6. The lowest BCUT2D eigenvalue weighted by atomic mass is 10.0. The number of nitrogens with zero attached hydrogens (tertiary/aromatic N) is 2. The number of fused-ring (bicyclic) bond motifs is 1. The highest BCUT2D eigenvalue weighted by Crippen LogP contribution is 2.23. The molecule has 1 heterocycles. The molecule has 0 fully saturated rings. The summed E-state index contributed by atoms with van der Waals surface area (Å²) in [4.78, 5) is 37.3. The van der Waals surface area contributed by atoms with Gasteiger partial charge in [-0.15, -0.1) is 0 Å². The second kappa shape index (κ2) is 8.68. The SMILES string of the molecule is CCn1nc(C(=O)OCC(=O)Nc2ccccc2C(C)C)c2ccccc2c1=O. The maximum absolute atomic E-state index is 12.6. The van der Waals surface area contributed by atoms with Crippen molar-refractivity contribution >= 4 is 28.3 Å². The maximum Gasteiger partial charge on any atom is 0.359 e. The van der Waals surface area contributed by atoms with Crippen LogP contribution in [0.25, 0.3) is 10.8 Å². The van der Waals surface area contributed by atoms with Crippen LogP contribution in [0, 0.1) is 0 Å². The summed E-state index contributed by atoms with van der Waals surface area (Å²) in [7, 11) is 0. The van der Waals surface area contributed by atoms with E-state index in [0.29, 0.717) is 23.0 Å². The Morgan fingerprint density at radius 1 is 1.07 bits per heavy atom. The fourth-order valence-electron chi connectivity index (χ4n) is 3.10. The Labute approximate surface area is 168 Å². The van der Waals surface area contributed by atoms with Crippen molar-refractivity contribution in [3.05, 3.63) is 70.1 Å². The summed E-state index contributed by atoms with van der Waals surface area (Å²) in [5, 5.41) is 7.67. The lowest BCUT2D eigenvalue weighted by Crippen LogP contribution is -2.27. The first-order valence-electron chi connectivity index (χ1n) is 9.48. The molecule has 0 aliphatic carbocycles. The quantitative estimate of drug-likeness (QED) is 0.649. The summed E-state index contributed by atoms with van der Waals surface area (Å²) in [6, 6.07) is 14.2. The van der Waals surface area contributed by atoms with E-state index in [2.05, 4.69) is 10.4 Å². The molecule has 0 spiro atoms. The Bertz CT molecular complexity index is 1120. The number of carbonyl (C=O) groups is 2. The number of hydrogen-bond acceptors (Lipinski definition) is 5. The molecule has 0 unspecified atom stereocenters. The molecule has 0 saturated heterocycles. The molecule has 0 saturated carbocycles. The van der Waals surface area contributed by atoms with Crippen LogP contribution in [0.5, 0.6) is 0 Å². The number of benzene rings is 2. The lowest BCUT2D eigenvalue weighted by molar-refractivity contribution is -0.119. The summed E-state index contributed by atoms with van der Waals surface area (Å²) < 4.78 is 6.39. The first-order valence-corrected chi connectivity index (χ1v) is 9.48. The van der Waals surface area contributed by atoms with Gasteiger partial charge in [-0.2, -0.15) is 5.10 Å². The summed E-state index contributed by atoms with van der Waals surface area (Å²) >= 11 is 0. The minimum atomic E-state index is -0.754. The van der Waals surface area contributed by atoms with Crippen LogP contribution >= 0.6 is 0 Å². The third-order valence-electron chi connectivity index (χ3n) is 4.55. The standard InChI is InChI=1S/C22H23N3O4/c1-4-25-21(27)17-11-6-5-10-16(17)20(24-25)22(28)29-13-19(26)23-18-12-8-7-9-15(18)14(2)3/h5-12,14H,4,13H2,1-3H3,(H,23,26). The molecule has 1 amide bonds. The van der Waals surface area contributed by atoms with Gasteiger partial charge in [-0.3, -0.25) is 9.59 Å². The van der Waals surface area contributed by atoms with Crippen LogP contribution in [0.3, 0.4) is 0 Å². The van der Waals surface area contributed by atoms with E-state index in [4.69, 9.17) is 4.74 Å². The van der Waals surface area contributed by atoms with Crippen molar-refractivity contribution < 1.29 is 14.3 Å². The van der Waals surface area contributed by atoms with Gasteiger partial charge in [-0.1, -0.05) is 50.2 Å². The molecule has 3 aromatic rings. The zero-order valence-corrected chi connectivity index (χ0v) is 16.6. The number of rotatable bonds is 6. The van der Waals surface area contributed by atoms with Crippen LogP contribution in [0.2, 0.25) is 0 Å². The largest absolute Gasteiger partial charge is 0.451 e. The Balaban J connectivity index is 1.77. The molecule has 0 atom stereocenters. The first-order chi connectivity index (χ1) is 13.9. The second-order valence-electron chi connectivity index (χ2n) is 6.88. The van der Waals surface area contributed by atoms with Crippen LogP contribution in [0.4, 0.5) is 5.69 Å². The van der Waals surface area contributed by atoms with Crippen molar-refractivity contribution in [2.75, 3.05) is 11.9 Å². The van der Waals surface area contributed by atoms with E-state index in [-0.39, 0.29) is 17.2 Å². The lowest BCUT2D eigenvalue weighted by Gasteiger charge is -2.14. The van der Waals surface area contributed by atoms with Gasteiger partial charge in [0.05, 0.1) is 5.39 Å². The van der Waals surface area contributed by atoms with Gasteiger partial charge in [0.1, 0.15) is 0 Å². The number of para-hydroxylation sites is 1. The Morgan fingerprint density at radius 2 is 1.72 bits per heavy atom. The van der Waals surface area contributed by atoms with Crippen molar-refractivity contribution in [2.24, 2.45) is 0 Å². The van der Waals surface area contributed by atoms with Gasteiger partial charge in [0, 0.05) is 17.6 Å². The fraction of sp³-hybridized carbons (Fsp3) is 0.273. The van der Waals surface area contributed by atoms with E-state index < -0.39 is 18.5 Å². The molecule has 7 heteroatoms. The smallest absolute Gasteiger partial charge is 0.359 e. The van der Waals surface area contributed by atoms with Crippen molar-refractivity contribution in [3.63, 3.8) is 0 Å². The molecule has 0 aliphatic heterocycles. The number of carbonyl (C=O) groups excluding carboxylic acids is 2. The van der Waals surface area contributed by atoms with Crippen molar-refractivity contribution in [1.82, 2.24) is 9.78 Å². The van der Waals surface area contributed by atoms with Crippen molar-refractivity contribution in [3.8, 4) is 0 Å².